The summed E-state index contributed by atoms with van der Waals surface area (Å²) < 4.78 is 17.9. The fourth-order valence-electron chi connectivity index (χ4n) is 1.31. The monoisotopic (exact) mass is 280 g/mol. The summed E-state index contributed by atoms with van der Waals surface area (Å²) in [7, 11) is 0. The number of aromatic nitrogens is 1. The average Bonchev–Trinajstić information content (AvgIpc) is 2.41. The average molecular weight is 281 g/mol. The van der Waals surface area contributed by atoms with Gasteiger partial charge in [0.1, 0.15) is 17.4 Å². The van der Waals surface area contributed by atoms with Crippen molar-refractivity contribution in [3.05, 3.63) is 53.4 Å². The second kappa shape index (κ2) is 6.15. The first-order valence-electron chi connectivity index (χ1n) is 5.43. The number of nitrogens with zero attached hydrogens (tertiary/aromatic N) is 1. The molecule has 19 heavy (non-hydrogen) atoms. The Bertz CT molecular complexity index is 558. The van der Waals surface area contributed by atoms with Crippen LogP contribution >= 0.6 is 11.6 Å². The zero-order valence-corrected chi connectivity index (χ0v) is 10.5. The summed E-state index contributed by atoms with van der Waals surface area (Å²) in [6.07, 6.45) is 1.02. The number of nitrogens with one attached hydrogen (secondary N) is 1. The number of ether oxygens (including phenoxy) is 1. The van der Waals surface area contributed by atoms with E-state index < -0.39 is 5.82 Å². The van der Waals surface area contributed by atoms with Gasteiger partial charge < -0.3 is 10.1 Å². The smallest absolute Gasteiger partial charge is 0.263 e. The fraction of sp³-hybridized carbons (Fsp3) is 0.0769. The first kappa shape index (κ1) is 13.3. The predicted octanol–water partition coefficient (Wildman–Crippen LogP) is 2.89. The Kier molecular flexibility index (Phi) is 4.30. The second-order valence-corrected chi connectivity index (χ2v) is 4.09. The SMILES string of the molecule is O=C(COc1ccc(Cl)cc1)Nc1ccc(F)cn1. The molecule has 1 amide bonds. The van der Waals surface area contributed by atoms with Gasteiger partial charge in [-0.05, 0) is 36.4 Å². The van der Waals surface area contributed by atoms with Gasteiger partial charge in [-0.2, -0.15) is 0 Å². The van der Waals surface area contributed by atoms with Crippen molar-refractivity contribution in [3.63, 3.8) is 0 Å². The maximum absolute atomic E-state index is 12.6. The number of amides is 1. The van der Waals surface area contributed by atoms with Gasteiger partial charge in [0, 0.05) is 5.02 Å². The van der Waals surface area contributed by atoms with Gasteiger partial charge >= 0.3 is 0 Å². The highest BCUT2D eigenvalue weighted by atomic mass is 35.5. The third kappa shape index (κ3) is 4.22. The van der Waals surface area contributed by atoms with Crippen LogP contribution in [0.25, 0.3) is 0 Å². The molecule has 0 aliphatic carbocycles. The highest BCUT2D eigenvalue weighted by Gasteiger charge is 2.04. The Morgan fingerprint density at radius 2 is 2.00 bits per heavy atom. The van der Waals surface area contributed by atoms with Crippen LogP contribution in [-0.2, 0) is 4.79 Å². The van der Waals surface area contributed by atoms with E-state index in [9.17, 15) is 9.18 Å². The molecule has 0 aliphatic heterocycles. The topological polar surface area (TPSA) is 51.2 Å². The molecule has 0 radical (unpaired) electrons. The van der Waals surface area contributed by atoms with E-state index in [0.717, 1.165) is 6.20 Å². The van der Waals surface area contributed by atoms with Crippen LogP contribution < -0.4 is 10.1 Å². The van der Waals surface area contributed by atoms with E-state index in [0.29, 0.717) is 10.8 Å². The van der Waals surface area contributed by atoms with Crippen molar-refractivity contribution in [2.75, 3.05) is 11.9 Å². The molecule has 1 N–H and O–H groups in total. The van der Waals surface area contributed by atoms with E-state index in [1.165, 1.54) is 12.1 Å². The number of benzene rings is 1. The lowest BCUT2D eigenvalue weighted by Gasteiger charge is -2.06. The zero-order valence-electron chi connectivity index (χ0n) is 9.77. The van der Waals surface area contributed by atoms with Crippen LogP contribution in [0.2, 0.25) is 5.02 Å². The third-order valence-corrected chi connectivity index (χ3v) is 2.43. The summed E-state index contributed by atoms with van der Waals surface area (Å²) >= 11 is 5.72. The van der Waals surface area contributed by atoms with Gasteiger partial charge in [0.25, 0.3) is 5.91 Å². The molecule has 0 spiro atoms. The third-order valence-electron chi connectivity index (χ3n) is 2.18. The molecule has 1 aromatic heterocycles. The van der Waals surface area contributed by atoms with Crippen LogP contribution in [0, 0.1) is 5.82 Å². The number of rotatable bonds is 4. The maximum Gasteiger partial charge on any atom is 0.263 e. The predicted molar refractivity (Wildman–Crippen MR) is 69.8 cm³/mol. The Morgan fingerprint density at radius 1 is 1.26 bits per heavy atom. The van der Waals surface area contributed by atoms with Crippen LogP contribution in [0.4, 0.5) is 10.2 Å². The highest BCUT2D eigenvalue weighted by molar-refractivity contribution is 6.30. The van der Waals surface area contributed by atoms with Crippen molar-refractivity contribution in [1.29, 1.82) is 0 Å². The zero-order chi connectivity index (χ0) is 13.7. The van der Waals surface area contributed by atoms with E-state index in [4.69, 9.17) is 16.3 Å². The molecular weight excluding hydrogens is 271 g/mol. The summed E-state index contributed by atoms with van der Waals surface area (Å²) in [6, 6.07) is 9.22. The number of carbonyl (C=O) groups is 1. The van der Waals surface area contributed by atoms with E-state index in [1.54, 1.807) is 24.3 Å². The van der Waals surface area contributed by atoms with Crippen LogP contribution in [0.5, 0.6) is 5.75 Å². The normalized spacial score (nSPS) is 10.0. The summed E-state index contributed by atoms with van der Waals surface area (Å²) in [5, 5.41) is 3.07. The van der Waals surface area contributed by atoms with Gasteiger partial charge in [-0.1, -0.05) is 11.6 Å². The molecule has 2 rings (SSSR count). The molecule has 4 nitrogen and oxygen atoms in total. The van der Waals surface area contributed by atoms with Crippen molar-refractivity contribution < 1.29 is 13.9 Å². The first-order chi connectivity index (χ1) is 9.13. The van der Waals surface area contributed by atoms with Crippen LogP contribution in [0.1, 0.15) is 0 Å². The molecule has 0 aliphatic rings. The number of halogens is 2. The highest BCUT2D eigenvalue weighted by Crippen LogP contribution is 2.15. The molecule has 1 heterocycles. The minimum Gasteiger partial charge on any atom is -0.484 e. The molecule has 0 saturated carbocycles. The summed E-state index contributed by atoms with van der Waals surface area (Å²) in [4.78, 5) is 15.2. The number of hydrogen-bond donors (Lipinski definition) is 1. The first-order valence-corrected chi connectivity index (χ1v) is 5.81. The summed E-state index contributed by atoms with van der Waals surface area (Å²) in [5.41, 5.74) is 0. The molecule has 98 valence electrons. The van der Waals surface area contributed by atoms with Gasteiger partial charge in [-0.25, -0.2) is 9.37 Å². The van der Waals surface area contributed by atoms with Crippen LogP contribution in [-0.4, -0.2) is 17.5 Å². The van der Waals surface area contributed by atoms with Gasteiger partial charge in [-0.15, -0.1) is 0 Å². The minimum absolute atomic E-state index is 0.166. The van der Waals surface area contributed by atoms with Crippen molar-refractivity contribution >= 4 is 23.3 Å². The molecule has 0 unspecified atom stereocenters. The molecule has 2 aromatic rings. The summed E-state index contributed by atoms with van der Waals surface area (Å²) in [5.74, 6) is -0.0396. The lowest BCUT2D eigenvalue weighted by Crippen LogP contribution is -2.20. The molecule has 0 atom stereocenters. The Morgan fingerprint density at radius 3 is 2.63 bits per heavy atom. The lowest BCUT2D eigenvalue weighted by atomic mass is 10.3. The van der Waals surface area contributed by atoms with Crippen LogP contribution in [0.15, 0.2) is 42.6 Å². The molecule has 0 saturated heterocycles. The second-order valence-electron chi connectivity index (χ2n) is 3.65. The van der Waals surface area contributed by atoms with E-state index in [-0.39, 0.29) is 18.3 Å². The number of anilines is 1. The molecule has 0 fully saturated rings. The van der Waals surface area contributed by atoms with Crippen LogP contribution in [0.3, 0.4) is 0 Å². The Balaban J connectivity index is 1.84. The van der Waals surface area contributed by atoms with Gasteiger partial charge in [0.15, 0.2) is 6.61 Å². The van der Waals surface area contributed by atoms with Crippen molar-refractivity contribution in [2.24, 2.45) is 0 Å². The van der Waals surface area contributed by atoms with Gasteiger partial charge in [0.05, 0.1) is 6.20 Å². The fourth-order valence-corrected chi connectivity index (χ4v) is 1.43. The largest absolute Gasteiger partial charge is 0.484 e. The lowest BCUT2D eigenvalue weighted by molar-refractivity contribution is -0.118. The molecule has 6 heteroatoms. The molecule has 0 bridgehead atoms. The van der Waals surface area contributed by atoms with Gasteiger partial charge in [-0.3, -0.25) is 4.79 Å². The van der Waals surface area contributed by atoms with E-state index in [1.807, 2.05) is 0 Å². The van der Waals surface area contributed by atoms with E-state index in [2.05, 4.69) is 10.3 Å². The molecular formula is C13H10ClFN2O2. The van der Waals surface area contributed by atoms with Crippen molar-refractivity contribution in [3.8, 4) is 5.75 Å². The summed E-state index contributed by atoms with van der Waals surface area (Å²) in [6.45, 7) is -0.166. The maximum atomic E-state index is 12.6. The minimum atomic E-state index is -0.463. The Labute approximate surface area is 114 Å². The van der Waals surface area contributed by atoms with Gasteiger partial charge in [0.2, 0.25) is 0 Å². The number of hydrogen-bond acceptors (Lipinski definition) is 3. The van der Waals surface area contributed by atoms with E-state index >= 15 is 0 Å². The Hall–Kier alpha value is -2.14. The van der Waals surface area contributed by atoms with Crippen molar-refractivity contribution in [2.45, 2.75) is 0 Å². The standard InChI is InChI=1S/C13H10ClFN2O2/c14-9-1-4-11(5-2-9)19-8-13(18)17-12-6-3-10(15)7-16-12/h1-7H,8H2,(H,16,17,18). The number of carbonyl (C=O) groups excluding carboxylic acids is 1. The quantitative estimate of drug-likeness (QED) is 0.937. The number of pyridine rings is 1. The molecule has 1 aromatic carbocycles. The van der Waals surface area contributed by atoms with Crippen molar-refractivity contribution in [1.82, 2.24) is 4.98 Å².